The maximum atomic E-state index is 13.6. The molecular weight excluding hydrogens is 492 g/mol. The number of aromatic amines is 2. The van der Waals surface area contributed by atoms with E-state index in [-0.39, 0.29) is 52.2 Å². The molecule has 0 saturated heterocycles. The third-order valence-corrected chi connectivity index (χ3v) is 6.42. The number of methoxy groups -OCH3 is 1. The summed E-state index contributed by atoms with van der Waals surface area (Å²) >= 11 is 6.31. The standard InChI is InChI=1S/C24H27ClN4O7/c1-4-6-8-28-21(31)16(19(30)26-23(28)33)15-13-10-12(25)11-14(35-3)18(13)36-20-17(15)22(32)29(9-7-5-2)24(34)27-20/h10-11,15,31H,4-9H2,1-3H3,(H,27,34)(H,26,30,33)/p-1. The van der Waals surface area contributed by atoms with E-state index in [0.717, 1.165) is 15.6 Å². The van der Waals surface area contributed by atoms with Gasteiger partial charge in [0.2, 0.25) is 5.88 Å². The van der Waals surface area contributed by atoms with E-state index in [1.54, 1.807) is 0 Å². The van der Waals surface area contributed by atoms with E-state index in [1.165, 1.54) is 19.2 Å². The number of hydrogen-bond donors (Lipinski definition) is 2. The predicted molar refractivity (Wildman–Crippen MR) is 131 cm³/mol. The number of unbranched alkanes of at least 4 members (excludes halogenated alkanes) is 2. The second-order valence-corrected chi connectivity index (χ2v) is 8.96. The predicted octanol–water partition coefficient (Wildman–Crippen LogP) is 2.01. The average Bonchev–Trinajstić information content (AvgIpc) is 2.83. The highest BCUT2D eigenvalue weighted by atomic mass is 35.5. The van der Waals surface area contributed by atoms with Gasteiger partial charge < -0.3 is 19.1 Å². The van der Waals surface area contributed by atoms with Gasteiger partial charge in [0.1, 0.15) is 0 Å². The van der Waals surface area contributed by atoms with E-state index in [2.05, 4.69) is 9.97 Å². The largest absolute Gasteiger partial charge is 0.860 e. The molecule has 4 rings (SSSR count). The molecule has 0 bridgehead atoms. The van der Waals surface area contributed by atoms with Gasteiger partial charge in [-0.1, -0.05) is 38.3 Å². The van der Waals surface area contributed by atoms with Crippen LogP contribution in [0, 0.1) is 0 Å². The van der Waals surface area contributed by atoms with Crippen molar-refractivity contribution in [3.05, 3.63) is 75.5 Å². The molecule has 1 aromatic carbocycles. The van der Waals surface area contributed by atoms with Gasteiger partial charge in [0.05, 0.1) is 18.6 Å². The molecule has 0 spiro atoms. The Kier molecular flexibility index (Phi) is 7.11. The maximum absolute atomic E-state index is 13.6. The van der Waals surface area contributed by atoms with Crippen molar-refractivity contribution in [2.45, 2.75) is 58.5 Å². The number of ether oxygens (including phenoxy) is 2. The molecule has 0 fully saturated rings. The average molecular weight is 518 g/mol. The molecule has 3 heterocycles. The third-order valence-electron chi connectivity index (χ3n) is 6.20. The molecule has 0 saturated carbocycles. The minimum absolute atomic E-state index is 0.0888. The SMILES string of the molecule is CCCCn1c([O-])c(C2c3cc(Cl)cc(OC)c3Oc3[nH]c(=O)n(CCCC)c(=O)c32)c(=O)[nH]c1=O. The molecule has 1 unspecified atom stereocenters. The summed E-state index contributed by atoms with van der Waals surface area (Å²) in [6, 6.07) is 2.93. The zero-order chi connectivity index (χ0) is 26.1. The van der Waals surface area contributed by atoms with Crippen LogP contribution in [0.5, 0.6) is 23.3 Å². The lowest BCUT2D eigenvalue weighted by Gasteiger charge is -2.31. The van der Waals surface area contributed by atoms with E-state index in [4.69, 9.17) is 21.1 Å². The number of benzene rings is 1. The lowest BCUT2D eigenvalue weighted by molar-refractivity contribution is -0.281. The summed E-state index contributed by atoms with van der Waals surface area (Å²) < 4.78 is 13.2. The van der Waals surface area contributed by atoms with Crippen LogP contribution in [0.25, 0.3) is 0 Å². The monoisotopic (exact) mass is 517 g/mol. The summed E-state index contributed by atoms with van der Waals surface area (Å²) in [5, 5.41) is 13.8. The van der Waals surface area contributed by atoms with E-state index < -0.39 is 34.3 Å². The van der Waals surface area contributed by atoms with Crippen molar-refractivity contribution in [1.29, 1.82) is 0 Å². The summed E-state index contributed by atoms with van der Waals surface area (Å²) in [6.07, 6.45) is 2.52. The van der Waals surface area contributed by atoms with Crippen molar-refractivity contribution in [3.8, 4) is 23.3 Å². The highest BCUT2D eigenvalue weighted by Crippen LogP contribution is 2.50. The smallest absolute Gasteiger partial charge is 0.331 e. The topological polar surface area (TPSA) is 151 Å². The minimum atomic E-state index is -1.28. The van der Waals surface area contributed by atoms with Gasteiger partial charge in [-0.15, -0.1) is 0 Å². The van der Waals surface area contributed by atoms with Gasteiger partial charge in [0.25, 0.3) is 11.1 Å². The van der Waals surface area contributed by atoms with Crippen LogP contribution in [0.4, 0.5) is 0 Å². The van der Waals surface area contributed by atoms with E-state index in [9.17, 15) is 24.3 Å². The minimum Gasteiger partial charge on any atom is -0.860 e. The Bertz CT molecular complexity index is 1550. The first kappa shape index (κ1) is 25.4. The van der Waals surface area contributed by atoms with Gasteiger partial charge in [-0.25, -0.2) is 9.59 Å². The third kappa shape index (κ3) is 4.23. The number of nitrogens with zero attached hydrogens (tertiary/aromatic N) is 2. The number of rotatable bonds is 8. The van der Waals surface area contributed by atoms with Crippen molar-refractivity contribution in [2.24, 2.45) is 0 Å². The Morgan fingerprint density at radius 1 is 1.00 bits per heavy atom. The first-order valence-electron chi connectivity index (χ1n) is 11.7. The number of hydrogen-bond acceptors (Lipinski definition) is 7. The van der Waals surface area contributed by atoms with Crippen LogP contribution < -0.4 is 37.1 Å². The van der Waals surface area contributed by atoms with Crippen molar-refractivity contribution in [2.75, 3.05) is 7.11 Å². The fraction of sp³-hybridized carbons (Fsp3) is 0.417. The van der Waals surface area contributed by atoms with Gasteiger partial charge >= 0.3 is 11.4 Å². The van der Waals surface area contributed by atoms with Gasteiger partial charge in [-0.05, 0) is 24.8 Å². The highest BCUT2D eigenvalue weighted by Gasteiger charge is 2.38. The molecule has 11 nitrogen and oxygen atoms in total. The van der Waals surface area contributed by atoms with Crippen LogP contribution in [-0.2, 0) is 13.1 Å². The van der Waals surface area contributed by atoms with Crippen LogP contribution in [-0.4, -0.2) is 26.2 Å². The molecular formula is C24H26ClN4O7-. The van der Waals surface area contributed by atoms with Crippen LogP contribution in [0.2, 0.25) is 5.02 Å². The van der Waals surface area contributed by atoms with Crippen molar-refractivity contribution < 1.29 is 14.6 Å². The van der Waals surface area contributed by atoms with Gasteiger partial charge in [0.15, 0.2) is 11.5 Å². The van der Waals surface area contributed by atoms with E-state index in [1.807, 2.05) is 13.8 Å². The molecule has 2 aromatic heterocycles. The van der Waals surface area contributed by atoms with E-state index >= 15 is 0 Å². The Balaban J connectivity index is 2.12. The van der Waals surface area contributed by atoms with Crippen molar-refractivity contribution in [3.63, 3.8) is 0 Å². The summed E-state index contributed by atoms with van der Waals surface area (Å²) in [5.41, 5.74) is -3.40. The van der Waals surface area contributed by atoms with Crippen LogP contribution in [0.15, 0.2) is 31.3 Å². The molecule has 36 heavy (non-hydrogen) atoms. The molecule has 1 atom stereocenters. The van der Waals surface area contributed by atoms with Crippen LogP contribution >= 0.6 is 11.6 Å². The number of H-pyrrole nitrogens is 2. The molecule has 0 radical (unpaired) electrons. The molecule has 1 aliphatic heterocycles. The normalized spacial score (nSPS) is 14.2. The molecule has 3 aromatic rings. The summed E-state index contributed by atoms with van der Waals surface area (Å²) in [6.45, 7) is 4.03. The molecule has 12 heteroatoms. The molecule has 2 N–H and O–H groups in total. The zero-order valence-corrected chi connectivity index (χ0v) is 20.9. The lowest BCUT2D eigenvalue weighted by atomic mass is 9.84. The van der Waals surface area contributed by atoms with E-state index in [0.29, 0.717) is 19.3 Å². The number of nitrogens with one attached hydrogen (secondary N) is 2. The Morgan fingerprint density at radius 3 is 2.28 bits per heavy atom. The Morgan fingerprint density at radius 2 is 1.64 bits per heavy atom. The zero-order valence-electron chi connectivity index (χ0n) is 20.1. The summed E-state index contributed by atoms with van der Waals surface area (Å²) in [4.78, 5) is 56.7. The lowest BCUT2D eigenvalue weighted by Crippen LogP contribution is -2.42. The Hall–Kier alpha value is -3.73. The fourth-order valence-electron chi connectivity index (χ4n) is 4.38. The summed E-state index contributed by atoms with van der Waals surface area (Å²) in [7, 11) is 1.38. The quantitative estimate of drug-likeness (QED) is 0.362. The van der Waals surface area contributed by atoms with Crippen LogP contribution in [0.3, 0.4) is 0 Å². The molecule has 1 aliphatic rings. The van der Waals surface area contributed by atoms with Crippen molar-refractivity contribution >= 4 is 11.6 Å². The van der Waals surface area contributed by atoms with Gasteiger partial charge in [-0.3, -0.25) is 24.1 Å². The van der Waals surface area contributed by atoms with Crippen molar-refractivity contribution in [1.82, 2.24) is 19.1 Å². The number of halogens is 1. The number of aromatic nitrogens is 4. The summed E-state index contributed by atoms with van der Waals surface area (Å²) in [5.74, 6) is -2.05. The fourth-order valence-corrected chi connectivity index (χ4v) is 4.60. The Labute approximate surface area is 209 Å². The van der Waals surface area contributed by atoms with Crippen LogP contribution in [0.1, 0.15) is 62.1 Å². The molecule has 0 aliphatic carbocycles. The van der Waals surface area contributed by atoms with Gasteiger partial charge in [0, 0.05) is 35.3 Å². The molecule has 0 amide bonds. The second-order valence-electron chi connectivity index (χ2n) is 8.53. The second kappa shape index (κ2) is 10.1. The van der Waals surface area contributed by atoms with Gasteiger partial charge in [-0.2, -0.15) is 0 Å². The maximum Gasteiger partial charge on any atom is 0.331 e. The number of fused-ring (bicyclic) bond motifs is 2. The first-order chi connectivity index (χ1) is 17.2. The first-order valence-corrected chi connectivity index (χ1v) is 12.1. The molecule has 192 valence electrons. The highest BCUT2D eigenvalue weighted by molar-refractivity contribution is 6.30.